The van der Waals surface area contributed by atoms with E-state index < -0.39 is 0 Å². The minimum Gasteiger partial charge on any atom is -0.319 e. The first-order chi connectivity index (χ1) is 2.50. The molecule has 0 aromatic heterocycles. The molecule has 0 saturated carbocycles. The molecule has 0 spiro atoms. The van der Waals surface area contributed by atoms with Gasteiger partial charge in [0.1, 0.15) is 0 Å². The molecule has 0 saturated heterocycles. The molecule has 0 aromatic rings. The van der Waals surface area contributed by atoms with Crippen LogP contribution in [-0.4, -0.2) is 0 Å². The molecule has 1 aliphatic heterocycles. The van der Waals surface area contributed by atoms with Gasteiger partial charge < -0.3 is 10.6 Å². The van der Waals surface area contributed by atoms with Crippen molar-refractivity contribution in [2.75, 3.05) is 0 Å². The summed E-state index contributed by atoms with van der Waals surface area (Å²) in [6.45, 7) is 1.64. The van der Waals surface area contributed by atoms with E-state index in [1.54, 1.807) is 6.67 Å². The summed E-state index contributed by atoms with van der Waals surface area (Å²) in [7, 11) is 0. The fourth-order valence-electron chi connectivity index (χ4n) is 0.180. The second-order valence-corrected chi connectivity index (χ2v) is 0.683. The van der Waals surface area contributed by atoms with Gasteiger partial charge in [-0.2, -0.15) is 0 Å². The minimum atomic E-state index is 1.64. The van der Waals surface area contributed by atoms with Crippen LogP contribution in [0.4, 0.5) is 0 Å². The summed E-state index contributed by atoms with van der Waals surface area (Å²) in [5.41, 5.74) is 0. The summed E-state index contributed by atoms with van der Waals surface area (Å²) < 4.78 is 0. The third-order valence-corrected chi connectivity index (χ3v) is 0.351. The van der Waals surface area contributed by atoms with Crippen LogP contribution in [0.2, 0.25) is 0 Å². The van der Waals surface area contributed by atoms with E-state index >= 15 is 0 Å². The zero-order valence-corrected chi connectivity index (χ0v) is 2.58. The summed E-state index contributed by atoms with van der Waals surface area (Å²) in [6.07, 6.45) is 0. The monoisotopic (exact) mass is 67.0 g/mol. The zero-order chi connectivity index (χ0) is 3.54. The lowest BCUT2D eigenvalue weighted by molar-refractivity contribution is 0.996. The standard InChI is InChI=1S/C3H3N2/c1-2-5-3-4-1/h3-5H. The molecular weight excluding hydrogens is 64.0 g/mol. The van der Waals surface area contributed by atoms with Crippen LogP contribution in [0.5, 0.6) is 0 Å². The molecule has 1 rings (SSSR count). The summed E-state index contributed by atoms with van der Waals surface area (Å²) in [5, 5.41) is 5.25. The highest BCUT2D eigenvalue weighted by atomic mass is 15.1. The Balaban J connectivity index is 2.42. The highest BCUT2D eigenvalue weighted by molar-refractivity contribution is 5.04. The molecule has 2 nitrogen and oxygen atoms in total. The Kier molecular flexibility index (Phi) is 0.409. The number of hydrogen-bond donors (Lipinski definition) is 2. The number of hydrogen-bond acceptors (Lipinski definition) is 2. The van der Waals surface area contributed by atoms with Crippen LogP contribution in [-0.2, 0) is 0 Å². The van der Waals surface area contributed by atoms with Crippen molar-refractivity contribution in [2.24, 2.45) is 0 Å². The maximum Gasteiger partial charge on any atom is 0.151 e. The molecule has 0 aliphatic carbocycles. The second-order valence-electron chi connectivity index (χ2n) is 0.683. The molecule has 2 N–H and O–H groups in total. The van der Waals surface area contributed by atoms with Gasteiger partial charge in [0.25, 0.3) is 0 Å². The molecule has 0 unspecified atom stereocenters. The molecular formula is C3H3N2. The predicted molar refractivity (Wildman–Crippen MR) is 18.3 cm³/mol. The van der Waals surface area contributed by atoms with Crippen LogP contribution >= 0.6 is 0 Å². The normalized spacial score (nSPS) is 14.4. The van der Waals surface area contributed by atoms with Crippen molar-refractivity contribution in [3.8, 4) is 12.1 Å². The van der Waals surface area contributed by atoms with Crippen molar-refractivity contribution in [3.63, 3.8) is 0 Å². The minimum absolute atomic E-state index is 1.64. The first-order valence-corrected chi connectivity index (χ1v) is 1.33. The summed E-state index contributed by atoms with van der Waals surface area (Å²) in [6, 6.07) is 5.11. The van der Waals surface area contributed by atoms with E-state index in [1.165, 1.54) is 0 Å². The molecule has 0 fully saturated rings. The Morgan fingerprint density at radius 2 is 1.80 bits per heavy atom. The third kappa shape index (κ3) is 0.246. The van der Waals surface area contributed by atoms with Crippen LogP contribution in [0.3, 0.4) is 0 Å². The van der Waals surface area contributed by atoms with E-state index in [0.717, 1.165) is 0 Å². The van der Waals surface area contributed by atoms with E-state index in [4.69, 9.17) is 0 Å². The van der Waals surface area contributed by atoms with E-state index in [0.29, 0.717) is 0 Å². The smallest absolute Gasteiger partial charge is 0.151 e. The Hall–Kier alpha value is -0.840. The topological polar surface area (TPSA) is 24.1 Å². The van der Waals surface area contributed by atoms with E-state index in [-0.39, 0.29) is 0 Å². The van der Waals surface area contributed by atoms with Crippen LogP contribution in [0.1, 0.15) is 0 Å². The highest BCUT2D eigenvalue weighted by Crippen LogP contribution is 1.60. The molecule has 0 aromatic carbocycles. The molecule has 1 aliphatic rings. The second kappa shape index (κ2) is 0.852. The lowest BCUT2D eigenvalue weighted by Crippen LogP contribution is -2.04. The Bertz CT molecular complexity index is 68.6. The Labute approximate surface area is 30.6 Å². The predicted octanol–water partition coefficient (Wildman–Crippen LogP) is -0.783. The Morgan fingerprint density at radius 3 is 2.00 bits per heavy atom. The van der Waals surface area contributed by atoms with E-state index in [9.17, 15) is 0 Å². The fourth-order valence-corrected chi connectivity index (χ4v) is 0.180. The highest BCUT2D eigenvalue weighted by Gasteiger charge is 1.77. The van der Waals surface area contributed by atoms with Gasteiger partial charge in [0.15, 0.2) is 6.67 Å². The lowest BCUT2D eigenvalue weighted by atomic mass is 11.1. The van der Waals surface area contributed by atoms with Gasteiger partial charge >= 0.3 is 0 Å². The molecule has 1 radical (unpaired) electrons. The zero-order valence-electron chi connectivity index (χ0n) is 2.58. The molecule has 25 valence electrons. The summed E-state index contributed by atoms with van der Waals surface area (Å²) in [5.74, 6) is 0. The van der Waals surface area contributed by atoms with Gasteiger partial charge in [-0.1, -0.05) is 0 Å². The largest absolute Gasteiger partial charge is 0.319 e. The maximum atomic E-state index is 2.62. The van der Waals surface area contributed by atoms with Gasteiger partial charge in [0.05, 0.1) is 0 Å². The van der Waals surface area contributed by atoms with Gasteiger partial charge in [0.2, 0.25) is 0 Å². The van der Waals surface area contributed by atoms with Gasteiger partial charge in [-0.25, -0.2) is 0 Å². The van der Waals surface area contributed by atoms with E-state index in [2.05, 4.69) is 22.7 Å². The van der Waals surface area contributed by atoms with Crippen molar-refractivity contribution < 1.29 is 0 Å². The van der Waals surface area contributed by atoms with Crippen molar-refractivity contribution in [1.82, 2.24) is 10.6 Å². The van der Waals surface area contributed by atoms with Crippen molar-refractivity contribution >= 4 is 0 Å². The van der Waals surface area contributed by atoms with Gasteiger partial charge in [-0.3, -0.25) is 0 Å². The molecule has 0 atom stereocenters. The van der Waals surface area contributed by atoms with Crippen LogP contribution < -0.4 is 10.6 Å². The fraction of sp³-hybridized carbons (Fsp3) is 0. The van der Waals surface area contributed by atoms with Gasteiger partial charge in [-0.05, 0) is 0 Å². The van der Waals surface area contributed by atoms with Crippen LogP contribution in [0.15, 0.2) is 0 Å². The third-order valence-electron chi connectivity index (χ3n) is 0.351. The van der Waals surface area contributed by atoms with Crippen molar-refractivity contribution in [1.29, 1.82) is 0 Å². The number of rotatable bonds is 0. The molecule has 5 heavy (non-hydrogen) atoms. The molecule has 2 heteroatoms. The average Bonchev–Trinajstić information content (AvgIpc) is 1.76. The maximum absolute atomic E-state index is 2.62. The Morgan fingerprint density at radius 1 is 1.20 bits per heavy atom. The van der Waals surface area contributed by atoms with E-state index in [1.807, 2.05) is 0 Å². The lowest BCUT2D eigenvalue weighted by Gasteiger charge is -1.78. The quantitative estimate of drug-likeness (QED) is 0.363. The first-order valence-electron chi connectivity index (χ1n) is 1.33. The van der Waals surface area contributed by atoms with Crippen LogP contribution in [0, 0.1) is 18.8 Å². The van der Waals surface area contributed by atoms with Crippen LogP contribution in [0.25, 0.3) is 0 Å². The molecule has 0 amide bonds. The van der Waals surface area contributed by atoms with Gasteiger partial charge in [0, 0.05) is 12.1 Å². The average molecular weight is 67.1 g/mol. The first kappa shape index (κ1) is 2.40. The SMILES string of the molecule is C1#CN[CH]N1. The molecule has 0 bridgehead atoms. The van der Waals surface area contributed by atoms with Gasteiger partial charge in [-0.15, -0.1) is 0 Å². The summed E-state index contributed by atoms with van der Waals surface area (Å²) in [4.78, 5) is 0. The summed E-state index contributed by atoms with van der Waals surface area (Å²) >= 11 is 0. The molecule has 1 heterocycles. The van der Waals surface area contributed by atoms with Crippen molar-refractivity contribution in [3.05, 3.63) is 6.67 Å². The van der Waals surface area contributed by atoms with Crippen molar-refractivity contribution in [2.45, 2.75) is 0 Å². The number of nitrogens with one attached hydrogen (secondary N) is 2.